The molecule has 7 nitrogen and oxygen atoms in total. The van der Waals surface area contributed by atoms with Crippen molar-refractivity contribution in [3.63, 3.8) is 0 Å². The van der Waals surface area contributed by atoms with Crippen molar-refractivity contribution in [3.8, 4) is 0 Å². The van der Waals surface area contributed by atoms with Crippen LogP contribution in [0.25, 0.3) is 0 Å². The third kappa shape index (κ3) is 3.91. The van der Waals surface area contributed by atoms with Gasteiger partial charge in [-0.2, -0.15) is 0 Å². The SMILES string of the molecule is CCNC(=O)c1ccc(NC(C)C(=O)NC2CC2)nn1. The lowest BCUT2D eigenvalue weighted by Gasteiger charge is -2.13. The fourth-order valence-corrected chi connectivity index (χ4v) is 1.62. The van der Waals surface area contributed by atoms with E-state index in [1.807, 2.05) is 6.92 Å². The van der Waals surface area contributed by atoms with E-state index in [2.05, 4.69) is 26.1 Å². The van der Waals surface area contributed by atoms with Crippen LogP contribution in [0.1, 0.15) is 37.2 Å². The molecule has 2 amide bonds. The van der Waals surface area contributed by atoms with E-state index in [-0.39, 0.29) is 23.6 Å². The van der Waals surface area contributed by atoms with Crippen molar-refractivity contribution in [3.05, 3.63) is 17.8 Å². The monoisotopic (exact) mass is 277 g/mol. The van der Waals surface area contributed by atoms with Crippen LogP contribution in [0, 0.1) is 0 Å². The van der Waals surface area contributed by atoms with Gasteiger partial charge in [0.05, 0.1) is 0 Å². The number of hydrogen-bond acceptors (Lipinski definition) is 5. The lowest BCUT2D eigenvalue weighted by atomic mass is 10.3. The van der Waals surface area contributed by atoms with Crippen molar-refractivity contribution in [2.24, 2.45) is 0 Å². The predicted octanol–water partition coefficient (Wildman–Crippen LogP) is 0.305. The molecule has 1 unspecified atom stereocenters. The molecule has 0 aliphatic heterocycles. The standard InChI is InChI=1S/C13H19N5O2/c1-3-14-13(20)10-6-7-11(18-17-10)15-8(2)12(19)16-9-4-5-9/h6-9H,3-5H2,1-2H3,(H,14,20)(H,15,18)(H,16,19). The van der Waals surface area contributed by atoms with E-state index in [0.29, 0.717) is 18.4 Å². The average Bonchev–Trinajstić information content (AvgIpc) is 3.23. The van der Waals surface area contributed by atoms with Gasteiger partial charge in [-0.05, 0) is 38.8 Å². The van der Waals surface area contributed by atoms with Gasteiger partial charge in [-0.1, -0.05) is 0 Å². The minimum atomic E-state index is -0.389. The Morgan fingerprint density at radius 2 is 2.10 bits per heavy atom. The maximum Gasteiger partial charge on any atom is 0.271 e. The Kier molecular flexibility index (Phi) is 4.49. The molecule has 1 saturated carbocycles. The average molecular weight is 277 g/mol. The largest absolute Gasteiger partial charge is 0.357 e. The molecule has 20 heavy (non-hydrogen) atoms. The number of nitrogens with one attached hydrogen (secondary N) is 3. The zero-order valence-electron chi connectivity index (χ0n) is 11.6. The fraction of sp³-hybridized carbons (Fsp3) is 0.538. The molecule has 3 N–H and O–H groups in total. The number of hydrogen-bond donors (Lipinski definition) is 3. The molecular formula is C13H19N5O2. The first kappa shape index (κ1) is 14.2. The van der Waals surface area contributed by atoms with E-state index in [1.165, 1.54) is 0 Å². The van der Waals surface area contributed by atoms with Crippen LogP contribution in [-0.4, -0.2) is 40.6 Å². The van der Waals surface area contributed by atoms with E-state index in [0.717, 1.165) is 12.8 Å². The second-order valence-corrected chi connectivity index (χ2v) is 4.81. The van der Waals surface area contributed by atoms with E-state index < -0.39 is 0 Å². The maximum atomic E-state index is 11.8. The molecule has 1 aromatic heterocycles. The van der Waals surface area contributed by atoms with Crippen molar-refractivity contribution < 1.29 is 9.59 Å². The van der Waals surface area contributed by atoms with Gasteiger partial charge in [0.1, 0.15) is 11.9 Å². The molecule has 0 bridgehead atoms. The number of rotatable bonds is 6. The topological polar surface area (TPSA) is 96.0 Å². The first-order valence-electron chi connectivity index (χ1n) is 6.79. The number of carbonyl (C=O) groups is 2. The Labute approximate surface area is 117 Å². The molecule has 0 spiro atoms. The number of aromatic nitrogens is 2. The van der Waals surface area contributed by atoms with Gasteiger partial charge in [0, 0.05) is 12.6 Å². The van der Waals surface area contributed by atoms with Gasteiger partial charge in [-0.25, -0.2) is 0 Å². The van der Waals surface area contributed by atoms with Gasteiger partial charge in [0.15, 0.2) is 5.69 Å². The van der Waals surface area contributed by atoms with Crippen molar-refractivity contribution in [1.29, 1.82) is 0 Å². The highest BCUT2D eigenvalue weighted by molar-refractivity contribution is 5.92. The summed E-state index contributed by atoms with van der Waals surface area (Å²) in [4.78, 5) is 23.3. The summed E-state index contributed by atoms with van der Waals surface area (Å²) in [7, 11) is 0. The van der Waals surface area contributed by atoms with Gasteiger partial charge >= 0.3 is 0 Å². The number of amides is 2. The number of nitrogens with zero attached hydrogens (tertiary/aromatic N) is 2. The summed E-state index contributed by atoms with van der Waals surface area (Å²) in [6.45, 7) is 4.14. The zero-order chi connectivity index (χ0) is 14.5. The molecule has 1 aromatic rings. The minimum Gasteiger partial charge on any atom is -0.357 e. The van der Waals surface area contributed by atoms with Crippen molar-refractivity contribution in [2.75, 3.05) is 11.9 Å². The Bertz CT molecular complexity index is 484. The summed E-state index contributed by atoms with van der Waals surface area (Å²) in [5.41, 5.74) is 0.257. The number of carbonyl (C=O) groups excluding carboxylic acids is 2. The third-order valence-electron chi connectivity index (χ3n) is 2.92. The summed E-state index contributed by atoms with van der Waals surface area (Å²) in [5, 5.41) is 16.2. The predicted molar refractivity (Wildman–Crippen MR) is 74.3 cm³/mol. The molecule has 0 saturated heterocycles. The second kappa shape index (κ2) is 6.31. The minimum absolute atomic E-state index is 0.0536. The molecule has 2 rings (SSSR count). The Hall–Kier alpha value is -2.18. The molecule has 1 fully saturated rings. The molecule has 0 radical (unpaired) electrons. The van der Waals surface area contributed by atoms with Gasteiger partial charge < -0.3 is 16.0 Å². The first-order valence-corrected chi connectivity index (χ1v) is 6.79. The summed E-state index contributed by atoms with van der Waals surface area (Å²) in [6, 6.07) is 3.16. The molecule has 0 aromatic carbocycles. The van der Waals surface area contributed by atoms with Crippen LogP contribution in [0.4, 0.5) is 5.82 Å². The third-order valence-corrected chi connectivity index (χ3v) is 2.92. The summed E-state index contributed by atoms with van der Waals surface area (Å²) >= 11 is 0. The highest BCUT2D eigenvalue weighted by Crippen LogP contribution is 2.18. The summed E-state index contributed by atoms with van der Waals surface area (Å²) < 4.78 is 0. The van der Waals surface area contributed by atoms with Crippen molar-refractivity contribution in [1.82, 2.24) is 20.8 Å². The maximum absolute atomic E-state index is 11.8. The van der Waals surface area contributed by atoms with Crippen LogP contribution in [0.15, 0.2) is 12.1 Å². The van der Waals surface area contributed by atoms with Crippen LogP contribution in [-0.2, 0) is 4.79 Å². The van der Waals surface area contributed by atoms with Gasteiger partial charge in [-0.3, -0.25) is 9.59 Å². The Morgan fingerprint density at radius 1 is 1.35 bits per heavy atom. The molecule has 1 aliphatic carbocycles. The van der Waals surface area contributed by atoms with Crippen LogP contribution >= 0.6 is 0 Å². The van der Waals surface area contributed by atoms with Gasteiger partial charge in [0.2, 0.25) is 5.91 Å². The highest BCUT2D eigenvalue weighted by Gasteiger charge is 2.25. The van der Waals surface area contributed by atoms with E-state index in [1.54, 1.807) is 19.1 Å². The first-order chi connectivity index (χ1) is 9.60. The second-order valence-electron chi connectivity index (χ2n) is 4.81. The van der Waals surface area contributed by atoms with Crippen LogP contribution in [0.3, 0.4) is 0 Å². The summed E-state index contributed by atoms with van der Waals surface area (Å²) in [5.74, 6) is 0.157. The highest BCUT2D eigenvalue weighted by atomic mass is 16.2. The van der Waals surface area contributed by atoms with E-state index in [9.17, 15) is 9.59 Å². The Balaban J connectivity index is 1.89. The molecule has 1 atom stereocenters. The van der Waals surface area contributed by atoms with Crippen LogP contribution in [0.2, 0.25) is 0 Å². The van der Waals surface area contributed by atoms with Gasteiger partial charge in [0.25, 0.3) is 5.91 Å². The molecule has 7 heteroatoms. The van der Waals surface area contributed by atoms with Crippen LogP contribution in [0.5, 0.6) is 0 Å². The molecule has 1 aliphatic rings. The fourth-order valence-electron chi connectivity index (χ4n) is 1.62. The molecular weight excluding hydrogens is 258 g/mol. The lowest BCUT2D eigenvalue weighted by molar-refractivity contribution is -0.121. The molecule has 1 heterocycles. The normalized spacial score (nSPS) is 15.3. The van der Waals surface area contributed by atoms with E-state index >= 15 is 0 Å². The van der Waals surface area contributed by atoms with Crippen LogP contribution < -0.4 is 16.0 Å². The van der Waals surface area contributed by atoms with E-state index in [4.69, 9.17) is 0 Å². The summed E-state index contributed by atoms with van der Waals surface area (Å²) in [6.07, 6.45) is 2.11. The Morgan fingerprint density at radius 3 is 2.65 bits per heavy atom. The zero-order valence-corrected chi connectivity index (χ0v) is 11.6. The van der Waals surface area contributed by atoms with Crippen molar-refractivity contribution >= 4 is 17.6 Å². The lowest BCUT2D eigenvalue weighted by Crippen LogP contribution is -2.38. The smallest absolute Gasteiger partial charge is 0.271 e. The quantitative estimate of drug-likeness (QED) is 0.695. The number of anilines is 1. The van der Waals surface area contributed by atoms with Gasteiger partial charge in [-0.15, -0.1) is 10.2 Å². The molecule has 108 valence electrons. The van der Waals surface area contributed by atoms with Crippen molar-refractivity contribution in [2.45, 2.75) is 38.8 Å².